The van der Waals surface area contributed by atoms with Crippen molar-refractivity contribution >= 4 is 18.2 Å². The van der Waals surface area contributed by atoms with Gasteiger partial charge in [-0.25, -0.2) is 0 Å². The van der Waals surface area contributed by atoms with Crippen LogP contribution in [-0.2, 0) is 9.59 Å². The monoisotopic (exact) mass is 297 g/mol. The summed E-state index contributed by atoms with van der Waals surface area (Å²) in [7, 11) is 0. The van der Waals surface area contributed by atoms with Crippen LogP contribution in [0.25, 0.3) is 0 Å². The van der Waals surface area contributed by atoms with Gasteiger partial charge >= 0.3 is 41.5 Å². The van der Waals surface area contributed by atoms with Crippen LogP contribution >= 0.6 is 0 Å². The second-order valence-electron chi connectivity index (χ2n) is 4.20. The SMILES string of the molecule is CCC(=O)O.CCCCCCCCN=CCC(=O)O.[H-].[Na+]. The van der Waals surface area contributed by atoms with E-state index in [9.17, 15) is 9.59 Å². The van der Waals surface area contributed by atoms with E-state index in [4.69, 9.17) is 10.2 Å². The molecule has 0 spiro atoms. The van der Waals surface area contributed by atoms with Crippen LogP contribution in [-0.4, -0.2) is 34.9 Å². The average Bonchev–Trinajstić information content (AvgIpc) is 2.37. The number of aliphatic imine (C=N–C) groups is 1. The van der Waals surface area contributed by atoms with Crippen molar-refractivity contribution < 1.29 is 50.8 Å². The molecular weight excluding hydrogens is 269 g/mol. The first-order chi connectivity index (χ1) is 9.04. The van der Waals surface area contributed by atoms with E-state index >= 15 is 0 Å². The quantitative estimate of drug-likeness (QED) is 0.349. The van der Waals surface area contributed by atoms with E-state index in [0.29, 0.717) is 0 Å². The van der Waals surface area contributed by atoms with Gasteiger partial charge in [0.2, 0.25) is 0 Å². The van der Waals surface area contributed by atoms with Crippen molar-refractivity contribution in [1.29, 1.82) is 0 Å². The molecule has 20 heavy (non-hydrogen) atoms. The Kier molecular flexibility index (Phi) is 25.7. The Morgan fingerprint density at radius 1 is 1.00 bits per heavy atom. The molecule has 0 aromatic rings. The van der Waals surface area contributed by atoms with Crippen molar-refractivity contribution in [3.8, 4) is 0 Å². The molecule has 0 aromatic heterocycles. The topological polar surface area (TPSA) is 87.0 Å². The Bertz CT molecular complexity index is 263. The van der Waals surface area contributed by atoms with Crippen LogP contribution in [0.4, 0.5) is 0 Å². The van der Waals surface area contributed by atoms with Crippen LogP contribution in [0.15, 0.2) is 4.99 Å². The van der Waals surface area contributed by atoms with E-state index in [0.717, 1.165) is 13.0 Å². The van der Waals surface area contributed by atoms with Crippen LogP contribution in [0.3, 0.4) is 0 Å². The van der Waals surface area contributed by atoms with Gasteiger partial charge in [-0.15, -0.1) is 0 Å². The number of carbonyl (C=O) groups is 2. The Morgan fingerprint density at radius 2 is 1.50 bits per heavy atom. The second-order valence-corrected chi connectivity index (χ2v) is 4.20. The first-order valence-corrected chi connectivity index (χ1v) is 6.96. The summed E-state index contributed by atoms with van der Waals surface area (Å²) in [5.74, 6) is -1.55. The predicted octanol–water partition coefficient (Wildman–Crippen LogP) is 0.490. The molecule has 0 aromatic carbocycles. The number of nitrogens with zero attached hydrogens (tertiary/aromatic N) is 1. The van der Waals surface area contributed by atoms with Gasteiger partial charge in [-0.05, 0) is 6.42 Å². The molecule has 0 unspecified atom stereocenters. The minimum absolute atomic E-state index is 0. The molecule has 0 radical (unpaired) electrons. The van der Waals surface area contributed by atoms with Crippen molar-refractivity contribution in [3.05, 3.63) is 0 Å². The molecule has 0 rings (SSSR count). The molecule has 0 saturated heterocycles. The minimum Gasteiger partial charge on any atom is -1.00 e. The maximum atomic E-state index is 10.1. The van der Waals surface area contributed by atoms with Gasteiger partial charge in [0.25, 0.3) is 0 Å². The van der Waals surface area contributed by atoms with E-state index in [2.05, 4.69) is 11.9 Å². The molecule has 0 heterocycles. The van der Waals surface area contributed by atoms with Crippen LogP contribution in [0, 0.1) is 0 Å². The Balaban J connectivity index is -0.000000179. The number of carboxylic acids is 2. The molecule has 2 N–H and O–H groups in total. The third-order valence-corrected chi connectivity index (χ3v) is 2.34. The van der Waals surface area contributed by atoms with Crippen LogP contribution in [0.2, 0.25) is 0 Å². The summed E-state index contributed by atoms with van der Waals surface area (Å²) >= 11 is 0. The van der Waals surface area contributed by atoms with Crippen LogP contribution < -0.4 is 29.6 Å². The zero-order valence-electron chi connectivity index (χ0n) is 14.1. The third kappa shape index (κ3) is 30.6. The number of rotatable bonds is 10. The van der Waals surface area contributed by atoms with Crippen molar-refractivity contribution in [1.82, 2.24) is 0 Å². The number of unbranched alkanes of at least 4 members (excludes halogenated alkanes) is 5. The largest absolute Gasteiger partial charge is 1.00 e. The van der Waals surface area contributed by atoms with Crippen molar-refractivity contribution in [2.45, 2.75) is 65.2 Å². The second kappa shape index (κ2) is 20.9. The van der Waals surface area contributed by atoms with Gasteiger partial charge in [0.05, 0.1) is 6.42 Å². The zero-order chi connectivity index (χ0) is 14.9. The normalized spacial score (nSPS) is 9.50. The molecule has 0 atom stereocenters. The standard InChI is InChI=1S/C11H21NO2.C3H6O2.Na.H/c1-2-3-4-5-6-7-9-12-10-8-11(13)14;1-2-3(4)5;;/h10H,2-9H2,1H3,(H,13,14);2H2,1H3,(H,4,5);;/q;;+1;-1. The number of aliphatic carboxylic acids is 2. The van der Waals surface area contributed by atoms with Gasteiger partial charge in [0.15, 0.2) is 0 Å². The average molecular weight is 297 g/mol. The van der Waals surface area contributed by atoms with E-state index in [1.54, 1.807) is 6.92 Å². The molecular formula is C14H28NNaO4. The minimum atomic E-state index is -0.809. The molecule has 5 nitrogen and oxygen atoms in total. The van der Waals surface area contributed by atoms with Crippen LogP contribution in [0.5, 0.6) is 0 Å². The molecule has 0 amide bonds. The van der Waals surface area contributed by atoms with Crippen molar-refractivity contribution in [2.24, 2.45) is 4.99 Å². The molecule has 0 saturated carbocycles. The molecule has 0 bridgehead atoms. The number of hydrogen-bond donors (Lipinski definition) is 2. The van der Waals surface area contributed by atoms with E-state index < -0.39 is 11.9 Å². The van der Waals surface area contributed by atoms with Gasteiger partial charge in [-0.3, -0.25) is 14.6 Å². The molecule has 6 heteroatoms. The van der Waals surface area contributed by atoms with Gasteiger partial charge in [0, 0.05) is 19.2 Å². The Hall–Kier alpha value is -0.390. The van der Waals surface area contributed by atoms with Crippen molar-refractivity contribution in [3.63, 3.8) is 0 Å². The van der Waals surface area contributed by atoms with E-state index in [-0.39, 0.29) is 43.8 Å². The van der Waals surface area contributed by atoms with Crippen molar-refractivity contribution in [2.75, 3.05) is 6.54 Å². The molecule has 0 fully saturated rings. The molecule has 0 aliphatic heterocycles. The van der Waals surface area contributed by atoms with Crippen LogP contribution in [0.1, 0.15) is 66.6 Å². The van der Waals surface area contributed by atoms with Gasteiger partial charge < -0.3 is 11.6 Å². The summed E-state index contributed by atoms with van der Waals surface area (Å²) in [6.45, 7) is 4.58. The summed E-state index contributed by atoms with van der Waals surface area (Å²) in [5.41, 5.74) is 0. The maximum absolute atomic E-state index is 10.1. The predicted molar refractivity (Wildman–Crippen MR) is 78.0 cm³/mol. The summed E-state index contributed by atoms with van der Waals surface area (Å²) in [6, 6.07) is 0. The number of carboxylic acid groups (broad SMARTS) is 2. The Labute approximate surface area is 145 Å². The third-order valence-electron chi connectivity index (χ3n) is 2.34. The summed E-state index contributed by atoms with van der Waals surface area (Å²) in [6.07, 6.45) is 9.26. The zero-order valence-corrected chi connectivity index (χ0v) is 15.1. The van der Waals surface area contributed by atoms with Gasteiger partial charge in [0.1, 0.15) is 0 Å². The summed E-state index contributed by atoms with van der Waals surface area (Å²) in [4.78, 5) is 23.5. The van der Waals surface area contributed by atoms with Gasteiger partial charge in [-0.1, -0.05) is 46.0 Å². The fourth-order valence-corrected chi connectivity index (χ4v) is 1.22. The van der Waals surface area contributed by atoms with E-state index in [1.807, 2.05) is 0 Å². The first kappa shape index (κ1) is 24.6. The summed E-state index contributed by atoms with van der Waals surface area (Å²) < 4.78 is 0. The Morgan fingerprint density at radius 3 is 1.95 bits per heavy atom. The van der Waals surface area contributed by atoms with E-state index in [1.165, 1.54) is 38.3 Å². The molecule has 0 aliphatic rings. The fourth-order valence-electron chi connectivity index (χ4n) is 1.22. The summed E-state index contributed by atoms with van der Waals surface area (Å²) in [5, 5.41) is 16.0. The van der Waals surface area contributed by atoms with Gasteiger partial charge in [-0.2, -0.15) is 0 Å². The fraction of sp³-hybridized carbons (Fsp3) is 0.786. The first-order valence-electron chi connectivity index (χ1n) is 6.96. The number of hydrogen-bond acceptors (Lipinski definition) is 3. The smallest absolute Gasteiger partial charge is 1.00 e. The maximum Gasteiger partial charge on any atom is 1.00 e. The molecule has 0 aliphatic carbocycles. The molecule has 114 valence electrons.